The number of likely N-dealkylation sites (tertiary alicyclic amines) is 1. The van der Waals surface area contributed by atoms with E-state index in [1.807, 2.05) is 35.5 Å². The van der Waals surface area contributed by atoms with Gasteiger partial charge in [0.15, 0.2) is 0 Å². The first kappa shape index (κ1) is 12.4. The molecule has 0 aliphatic carbocycles. The molecule has 1 aliphatic rings. The van der Waals surface area contributed by atoms with Gasteiger partial charge in [-0.25, -0.2) is 0 Å². The third kappa shape index (κ3) is 2.40. The van der Waals surface area contributed by atoms with Crippen LogP contribution in [0.4, 0.5) is 0 Å². The zero-order valence-corrected chi connectivity index (χ0v) is 11.7. The van der Waals surface area contributed by atoms with Crippen LogP contribution < -0.4 is 0 Å². The second-order valence-electron chi connectivity index (χ2n) is 4.93. The van der Waals surface area contributed by atoms with Crippen LogP contribution in [-0.2, 0) is 0 Å². The van der Waals surface area contributed by atoms with Crippen molar-refractivity contribution >= 4 is 17.2 Å². The molecule has 3 heterocycles. The van der Waals surface area contributed by atoms with Gasteiger partial charge in [-0.15, -0.1) is 11.3 Å². The number of aryl methyl sites for hydroxylation is 1. The highest BCUT2D eigenvalue weighted by molar-refractivity contribution is 7.12. The number of thiophene rings is 1. The van der Waals surface area contributed by atoms with Crippen molar-refractivity contribution in [2.75, 3.05) is 6.54 Å². The first-order chi connectivity index (χ1) is 9.25. The molecule has 1 atom stereocenters. The summed E-state index contributed by atoms with van der Waals surface area (Å²) in [6.07, 6.45) is 5.74. The Morgan fingerprint density at radius 1 is 1.53 bits per heavy atom. The molecule has 1 amide bonds. The van der Waals surface area contributed by atoms with Crippen LogP contribution in [0.2, 0.25) is 0 Å². The third-order valence-corrected chi connectivity index (χ3v) is 4.56. The Hall–Kier alpha value is -1.68. The maximum absolute atomic E-state index is 12.6. The minimum atomic E-state index is 0.157. The number of pyridine rings is 1. The van der Waals surface area contributed by atoms with Crippen molar-refractivity contribution < 1.29 is 4.79 Å². The minimum Gasteiger partial charge on any atom is -0.331 e. The molecule has 0 aromatic carbocycles. The number of nitrogens with zero attached hydrogens (tertiary/aromatic N) is 2. The highest BCUT2D eigenvalue weighted by Crippen LogP contribution is 2.33. The SMILES string of the molecule is Cc1csc(C(=O)N2CCCC2c2cccnc2)c1. The Balaban J connectivity index is 1.86. The number of rotatable bonds is 2. The lowest BCUT2D eigenvalue weighted by atomic mass is 10.1. The van der Waals surface area contributed by atoms with Crippen LogP contribution >= 0.6 is 11.3 Å². The molecule has 0 N–H and O–H groups in total. The molecular formula is C15H16N2OS. The lowest BCUT2D eigenvalue weighted by Gasteiger charge is -2.24. The first-order valence-electron chi connectivity index (χ1n) is 6.52. The number of carbonyl (C=O) groups excluding carboxylic acids is 1. The molecule has 2 aromatic rings. The fourth-order valence-electron chi connectivity index (χ4n) is 2.61. The van der Waals surface area contributed by atoms with Gasteiger partial charge in [0.25, 0.3) is 5.91 Å². The van der Waals surface area contributed by atoms with Crippen molar-refractivity contribution in [2.45, 2.75) is 25.8 Å². The number of hydrogen-bond donors (Lipinski definition) is 0. The Bertz CT molecular complexity index is 579. The molecule has 0 bridgehead atoms. The molecule has 0 spiro atoms. The van der Waals surface area contributed by atoms with Gasteiger partial charge in [0.2, 0.25) is 0 Å². The van der Waals surface area contributed by atoms with Gasteiger partial charge in [0.1, 0.15) is 0 Å². The highest BCUT2D eigenvalue weighted by atomic mass is 32.1. The van der Waals surface area contributed by atoms with Crippen LogP contribution in [0.3, 0.4) is 0 Å². The molecule has 4 heteroatoms. The van der Waals surface area contributed by atoms with Gasteiger partial charge in [-0.05, 0) is 48.4 Å². The third-order valence-electron chi connectivity index (χ3n) is 3.52. The van der Waals surface area contributed by atoms with Gasteiger partial charge in [-0.1, -0.05) is 6.07 Å². The van der Waals surface area contributed by atoms with Crippen LogP contribution in [0.15, 0.2) is 36.0 Å². The van der Waals surface area contributed by atoms with Crippen LogP contribution in [0.5, 0.6) is 0 Å². The van der Waals surface area contributed by atoms with Crippen LogP contribution in [-0.4, -0.2) is 22.3 Å². The van der Waals surface area contributed by atoms with Crippen LogP contribution in [0.1, 0.15) is 39.7 Å². The first-order valence-corrected chi connectivity index (χ1v) is 7.40. The van der Waals surface area contributed by atoms with Crippen molar-refractivity contribution in [3.8, 4) is 0 Å². The number of carbonyl (C=O) groups is 1. The summed E-state index contributed by atoms with van der Waals surface area (Å²) in [5, 5.41) is 2.03. The topological polar surface area (TPSA) is 33.2 Å². The molecule has 1 unspecified atom stereocenters. The molecule has 2 aromatic heterocycles. The van der Waals surface area contributed by atoms with Crippen molar-refractivity contribution in [3.05, 3.63) is 52.0 Å². The standard InChI is InChI=1S/C15H16N2OS/c1-11-8-14(19-10-11)15(18)17-7-3-5-13(17)12-4-2-6-16-9-12/h2,4,6,8-10,13H,3,5,7H2,1H3. The molecule has 1 saturated heterocycles. The van der Waals surface area contributed by atoms with Crippen molar-refractivity contribution in [2.24, 2.45) is 0 Å². The highest BCUT2D eigenvalue weighted by Gasteiger charge is 2.31. The van der Waals surface area contributed by atoms with E-state index in [4.69, 9.17) is 0 Å². The van der Waals surface area contributed by atoms with Crippen molar-refractivity contribution in [3.63, 3.8) is 0 Å². The van der Waals surface area contributed by atoms with Gasteiger partial charge in [0.05, 0.1) is 10.9 Å². The molecule has 3 nitrogen and oxygen atoms in total. The zero-order valence-electron chi connectivity index (χ0n) is 10.9. The van der Waals surface area contributed by atoms with E-state index in [-0.39, 0.29) is 11.9 Å². The van der Waals surface area contributed by atoms with Crippen LogP contribution in [0, 0.1) is 6.92 Å². The summed E-state index contributed by atoms with van der Waals surface area (Å²) in [5.41, 5.74) is 2.30. The zero-order chi connectivity index (χ0) is 13.2. The van der Waals surface area contributed by atoms with Gasteiger partial charge in [-0.3, -0.25) is 9.78 Å². The fourth-order valence-corrected chi connectivity index (χ4v) is 3.47. The molecule has 0 saturated carbocycles. The Morgan fingerprint density at radius 2 is 2.42 bits per heavy atom. The van der Waals surface area contributed by atoms with Gasteiger partial charge in [-0.2, -0.15) is 0 Å². The van der Waals surface area contributed by atoms with Gasteiger partial charge < -0.3 is 4.90 Å². The summed E-state index contributed by atoms with van der Waals surface area (Å²) >= 11 is 1.53. The maximum Gasteiger partial charge on any atom is 0.264 e. The predicted molar refractivity (Wildman–Crippen MR) is 76.3 cm³/mol. The smallest absolute Gasteiger partial charge is 0.264 e. The van der Waals surface area contributed by atoms with E-state index in [1.165, 1.54) is 11.3 Å². The minimum absolute atomic E-state index is 0.157. The number of amides is 1. The fraction of sp³-hybridized carbons (Fsp3) is 0.333. The van der Waals surface area contributed by atoms with E-state index in [2.05, 4.69) is 11.1 Å². The van der Waals surface area contributed by atoms with E-state index >= 15 is 0 Å². The lowest BCUT2D eigenvalue weighted by molar-refractivity contribution is 0.0740. The van der Waals surface area contributed by atoms with Gasteiger partial charge in [0, 0.05) is 18.9 Å². The van der Waals surface area contributed by atoms with Crippen molar-refractivity contribution in [1.82, 2.24) is 9.88 Å². The van der Waals surface area contributed by atoms with E-state index in [1.54, 1.807) is 6.20 Å². The number of aromatic nitrogens is 1. The molecule has 1 fully saturated rings. The van der Waals surface area contributed by atoms with Gasteiger partial charge >= 0.3 is 0 Å². The summed E-state index contributed by atoms with van der Waals surface area (Å²) in [6, 6.07) is 6.16. The van der Waals surface area contributed by atoms with Crippen LogP contribution in [0.25, 0.3) is 0 Å². The number of hydrogen-bond acceptors (Lipinski definition) is 3. The monoisotopic (exact) mass is 272 g/mol. The average molecular weight is 272 g/mol. The van der Waals surface area contributed by atoms with E-state index < -0.39 is 0 Å². The molecular weight excluding hydrogens is 256 g/mol. The summed E-state index contributed by atoms with van der Waals surface area (Å²) < 4.78 is 0. The Morgan fingerprint density at radius 3 is 3.11 bits per heavy atom. The second kappa shape index (κ2) is 5.13. The molecule has 0 radical (unpaired) electrons. The maximum atomic E-state index is 12.6. The summed E-state index contributed by atoms with van der Waals surface area (Å²) in [5.74, 6) is 0.157. The average Bonchev–Trinajstić information content (AvgIpc) is 3.07. The lowest BCUT2D eigenvalue weighted by Crippen LogP contribution is -2.30. The molecule has 1 aliphatic heterocycles. The largest absolute Gasteiger partial charge is 0.331 e. The normalized spacial score (nSPS) is 18.8. The summed E-state index contributed by atoms with van der Waals surface area (Å²) in [4.78, 5) is 19.6. The molecule has 3 rings (SSSR count). The van der Waals surface area contributed by atoms with E-state index in [0.717, 1.165) is 35.4 Å². The Kier molecular flexibility index (Phi) is 3.34. The summed E-state index contributed by atoms with van der Waals surface area (Å²) in [7, 11) is 0. The van der Waals surface area contributed by atoms with Crippen molar-refractivity contribution in [1.29, 1.82) is 0 Å². The molecule has 19 heavy (non-hydrogen) atoms. The molecule has 98 valence electrons. The Labute approximate surface area is 116 Å². The predicted octanol–water partition coefficient (Wildman–Crippen LogP) is 3.43. The second-order valence-corrected chi connectivity index (χ2v) is 5.84. The summed E-state index contributed by atoms with van der Waals surface area (Å²) in [6.45, 7) is 2.87. The van der Waals surface area contributed by atoms with E-state index in [0.29, 0.717) is 0 Å². The quantitative estimate of drug-likeness (QED) is 0.839. The van der Waals surface area contributed by atoms with E-state index in [9.17, 15) is 4.79 Å².